The molecule has 0 aromatic carbocycles. The van der Waals surface area contributed by atoms with Crippen LogP contribution in [0.3, 0.4) is 0 Å². The summed E-state index contributed by atoms with van der Waals surface area (Å²) in [7, 11) is 0. The fourth-order valence-corrected chi connectivity index (χ4v) is 3.26. The lowest BCUT2D eigenvalue weighted by atomic mass is 9.80. The van der Waals surface area contributed by atoms with Crippen molar-refractivity contribution in [3.05, 3.63) is 11.4 Å². The predicted molar refractivity (Wildman–Crippen MR) is 75.1 cm³/mol. The van der Waals surface area contributed by atoms with Gasteiger partial charge in [-0.05, 0) is 38.0 Å². The number of rotatable bonds is 4. The molecule has 1 aromatic rings. The van der Waals surface area contributed by atoms with Gasteiger partial charge in [-0.1, -0.05) is 19.1 Å². The molecule has 2 rings (SSSR count). The van der Waals surface area contributed by atoms with Gasteiger partial charge in [0.1, 0.15) is 0 Å². The van der Waals surface area contributed by atoms with E-state index in [1.165, 1.54) is 6.42 Å². The number of esters is 1. The third-order valence-electron chi connectivity index (χ3n) is 3.95. The van der Waals surface area contributed by atoms with Gasteiger partial charge < -0.3 is 10.5 Å². The van der Waals surface area contributed by atoms with Gasteiger partial charge in [0.15, 0.2) is 5.69 Å². The summed E-state index contributed by atoms with van der Waals surface area (Å²) >= 11 is 0. The van der Waals surface area contributed by atoms with Gasteiger partial charge in [0.2, 0.25) is 0 Å². The van der Waals surface area contributed by atoms with Crippen LogP contribution in [-0.4, -0.2) is 27.6 Å². The lowest BCUT2D eigenvalue weighted by Gasteiger charge is -2.32. The fourth-order valence-electron chi connectivity index (χ4n) is 3.26. The largest absolute Gasteiger partial charge is 0.461 e. The molecule has 1 aliphatic carbocycles. The zero-order valence-electron chi connectivity index (χ0n) is 12.5. The molecule has 1 aromatic heterocycles. The molecule has 1 aliphatic rings. The number of hydrogen-bond donors (Lipinski definition) is 1. The maximum Gasteiger partial charge on any atom is 0.360 e. The summed E-state index contributed by atoms with van der Waals surface area (Å²) in [6, 6.07) is 0.281. The van der Waals surface area contributed by atoms with Crippen LogP contribution in [-0.2, 0) is 11.3 Å². The summed E-state index contributed by atoms with van der Waals surface area (Å²) in [4.78, 5) is 11.9. The van der Waals surface area contributed by atoms with Gasteiger partial charge >= 0.3 is 5.97 Å². The average molecular weight is 280 g/mol. The quantitative estimate of drug-likeness (QED) is 0.852. The van der Waals surface area contributed by atoms with Crippen LogP contribution in [0.15, 0.2) is 0 Å². The Bertz CT molecular complexity index is 462. The Morgan fingerprint density at radius 2 is 2.00 bits per heavy atom. The van der Waals surface area contributed by atoms with Crippen LogP contribution in [0.4, 0.5) is 0 Å². The Morgan fingerprint density at radius 1 is 1.35 bits per heavy atom. The normalized spacial score (nSPS) is 26.5. The topological polar surface area (TPSA) is 83.0 Å². The summed E-state index contributed by atoms with van der Waals surface area (Å²) in [5, 5.41) is 8.16. The highest BCUT2D eigenvalue weighted by atomic mass is 16.5. The van der Waals surface area contributed by atoms with Crippen molar-refractivity contribution >= 4 is 5.97 Å². The van der Waals surface area contributed by atoms with Crippen LogP contribution in [0.2, 0.25) is 0 Å². The van der Waals surface area contributed by atoms with Crippen LogP contribution in [0.25, 0.3) is 0 Å². The highest BCUT2D eigenvalue weighted by molar-refractivity contribution is 5.88. The standard InChI is InChI=1S/C14H24N4O2/c1-4-20-14(19)13-12(8-15)18(17-16-13)11-6-9(2)5-10(3)7-11/h9-11H,4-8,15H2,1-3H3. The van der Waals surface area contributed by atoms with E-state index in [9.17, 15) is 4.79 Å². The van der Waals surface area contributed by atoms with Crippen LogP contribution in [0, 0.1) is 11.8 Å². The van der Waals surface area contributed by atoms with Crippen molar-refractivity contribution in [3.63, 3.8) is 0 Å². The van der Waals surface area contributed by atoms with Crippen molar-refractivity contribution in [2.75, 3.05) is 6.61 Å². The number of ether oxygens (including phenoxy) is 1. The molecule has 0 bridgehead atoms. The second-order valence-electron chi connectivity index (χ2n) is 5.83. The summed E-state index contributed by atoms with van der Waals surface area (Å²) in [6.07, 6.45) is 3.36. The molecule has 112 valence electrons. The summed E-state index contributed by atoms with van der Waals surface area (Å²) in [5.41, 5.74) is 6.75. The zero-order chi connectivity index (χ0) is 14.7. The van der Waals surface area contributed by atoms with Gasteiger partial charge in [-0.2, -0.15) is 0 Å². The molecule has 2 atom stereocenters. The first-order chi connectivity index (χ1) is 9.56. The van der Waals surface area contributed by atoms with Gasteiger partial charge in [0, 0.05) is 6.54 Å². The number of aromatic nitrogens is 3. The van der Waals surface area contributed by atoms with Crippen LogP contribution >= 0.6 is 0 Å². The molecule has 1 heterocycles. The molecule has 6 nitrogen and oxygen atoms in total. The molecule has 0 radical (unpaired) electrons. The maximum absolute atomic E-state index is 11.9. The van der Waals surface area contributed by atoms with Crippen molar-refractivity contribution in [3.8, 4) is 0 Å². The number of nitrogens with zero attached hydrogens (tertiary/aromatic N) is 3. The highest BCUT2D eigenvalue weighted by Gasteiger charge is 2.29. The average Bonchev–Trinajstić information content (AvgIpc) is 2.81. The molecule has 2 N–H and O–H groups in total. The number of carbonyl (C=O) groups is 1. The molecule has 0 spiro atoms. The molecule has 1 fully saturated rings. The summed E-state index contributed by atoms with van der Waals surface area (Å²) in [5.74, 6) is 0.880. The third-order valence-corrected chi connectivity index (χ3v) is 3.95. The minimum absolute atomic E-state index is 0.250. The Hall–Kier alpha value is -1.43. The van der Waals surface area contributed by atoms with Crippen molar-refractivity contribution < 1.29 is 9.53 Å². The molecule has 0 aliphatic heterocycles. The van der Waals surface area contributed by atoms with Crippen LogP contribution in [0.1, 0.15) is 62.3 Å². The number of carbonyl (C=O) groups excluding carboxylic acids is 1. The molecule has 20 heavy (non-hydrogen) atoms. The van der Waals surface area contributed by atoms with Crippen molar-refractivity contribution in [2.45, 2.75) is 52.6 Å². The first kappa shape index (κ1) is 15.0. The Morgan fingerprint density at radius 3 is 2.55 bits per heavy atom. The van der Waals surface area contributed by atoms with E-state index in [-0.39, 0.29) is 18.3 Å². The summed E-state index contributed by atoms with van der Waals surface area (Å²) < 4.78 is 6.85. The van der Waals surface area contributed by atoms with E-state index in [0.717, 1.165) is 12.8 Å². The second-order valence-corrected chi connectivity index (χ2v) is 5.83. The van der Waals surface area contributed by atoms with E-state index in [2.05, 4.69) is 24.2 Å². The van der Waals surface area contributed by atoms with Gasteiger partial charge in [-0.15, -0.1) is 5.10 Å². The first-order valence-corrected chi connectivity index (χ1v) is 7.38. The van der Waals surface area contributed by atoms with Gasteiger partial charge in [0.05, 0.1) is 18.3 Å². The number of hydrogen-bond acceptors (Lipinski definition) is 5. The molecule has 0 saturated heterocycles. The SMILES string of the molecule is CCOC(=O)c1nnn(C2CC(C)CC(C)C2)c1CN. The second kappa shape index (κ2) is 6.35. The Labute approximate surface area is 119 Å². The lowest BCUT2D eigenvalue weighted by Crippen LogP contribution is -2.26. The van der Waals surface area contributed by atoms with Gasteiger partial charge in [-0.3, -0.25) is 0 Å². The van der Waals surface area contributed by atoms with Crippen molar-refractivity contribution in [1.29, 1.82) is 0 Å². The Kier molecular flexibility index (Phi) is 4.75. The lowest BCUT2D eigenvalue weighted by molar-refractivity contribution is 0.0518. The smallest absolute Gasteiger partial charge is 0.360 e. The van der Waals surface area contributed by atoms with E-state index < -0.39 is 5.97 Å². The number of nitrogens with two attached hydrogens (primary N) is 1. The first-order valence-electron chi connectivity index (χ1n) is 7.38. The van der Waals surface area contributed by atoms with Gasteiger partial charge in [0.25, 0.3) is 0 Å². The van der Waals surface area contributed by atoms with Crippen LogP contribution < -0.4 is 5.73 Å². The van der Waals surface area contributed by atoms with E-state index in [1.54, 1.807) is 6.92 Å². The fraction of sp³-hybridized carbons (Fsp3) is 0.786. The molecule has 1 saturated carbocycles. The van der Waals surface area contributed by atoms with E-state index in [4.69, 9.17) is 10.5 Å². The molecular weight excluding hydrogens is 256 g/mol. The maximum atomic E-state index is 11.9. The minimum atomic E-state index is -0.434. The molecule has 2 unspecified atom stereocenters. The predicted octanol–water partition coefficient (Wildman–Crippen LogP) is 1.91. The molecule has 6 heteroatoms. The highest BCUT2D eigenvalue weighted by Crippen LogP contribution is 2.36. The summed E-state index contributed by atoms with van der Waals surface area (Å²) in [6.45, 7) is 6.87. The van der Waals surface area contributed by atoms with Gasteiger partial charge in [-0.25, -0.2) is 9.48 Å². The Balaban J connectivity index is 2.26. The van der Waals surface area contributed by atoms with Crippen LogP contribution in [0.5, 0.6) is 0 Å². The zero-order valence-corrected chi connectivity index (χ0v) is 12.5. The third kappa shape index (κ3) is 3.00. The molecule has 0 amide bonds. The van der Waals surface area contributed by atoms with E-state index in [1.807, 2.05) is 4.68 Å². The van der Waals surface area contributed by atoms with Crippen molar-refractivity contribution in [2.24, 2.45) is 17.6 Å². The molecular formula is C14H24N4O2. The monoisotopic (exact) mass is 280 g/mol. The minimum Gasteiger partial charge on any atom is -0.461 e. The van der Waals surface area contributed by atoms with Crippen molar-refractivity contribution in [1.82, 2.24) is 15.0 Å². The van der Waals surface area contributed by atoms with E-state index in [0.29, 0.717) is 24.1 Å². The van der Waals surface area contributed by atoms with E-state index >= 15 is 0 Å².